The minimum absolute atomic E-state index is 0.390. The average Bonchev–Trinajstić information content (AvgIpc) is 2.50. The van der Waals surface area contributed by atoms with E-state index in [2.05, 4.69) is 4.72 Å². The van der Waals surface area contributed by atoms with Crippen LogP contribution in [0.5, 0.6) is 0 Å². The van der Waals surface area contributed by atoms with Gasteiger partial charge in [0.15, 0.2) is 0 Å². The lowest BCUT2D eigenvalue weighted by Crippen LogP contribution is -2.36. The first-order valence-electron chi connectivity index (χ1n) is 7.00. The molecule has 2 atom stereocenters. The lowest BCUT2D eigenvalue weighted by atomic mass is 9.89. The van der Waals surface area contributed by atoms with Crippen LogP contribution in [0.2, 0.25) is 5.02 Å². The summed E-state index contributed by atoms with van der Waals surface area (Å²) in [5.74, 6) is 0. The van der Waals surface area contributed by atoms with E-state index < -0.39 is 21.4 Å². The topological polar surface area (TPSA) is 66.4 Å². The largest absolute Gasteiger partial charge is 0.387 e. The number of benzene rings is 2. The van der Waals surface area contributed by atoms with Crippen LogP contribution in [-0.4, -0.2) is 18.8 Å². The van der Waals surface area contributed by atoms with E-state index in [1.165, 1.54) is 0 Å². The van der Waals surface area contributed by atoms with Crippen LogP contribution >= 0.6 is 11.6 Å². The highest BCUT2D eigenvalue weighted by Crippen LogP contribution is 2.34. The summed E-state index contributed by atoms with van der Waals surface area (Å²) in [6.45, 7) is 0. The molecule has 2 N–H and O–H groups in total. The highest BCUT2D eigenvalue weighted by atomic mass is 35.5. The number of fused-ring (bicyclic) bond motifs is 1. The Bertz CT molecular complexity index is 774. The molecule has 2 aromatic carbocycles. The monoisotopic (exact) mass is 337 g/mol. The third-order valence-corrected chi connectivity index (χ3v) is 5.99. The molecule has 2 unspecified atom stereocenters. The van der Waals surface area contributed by atoms with Crippen LogP contribution < -0.4 is 4.72 Å². The third kappa shape index (κ3) is 2.97. The second kappa shape index (κ2) is 5.91. The number of rotatable bonds is 3. The van der Waals surface area contributed by atoms with Crippen molar-refractivity contribution in [3.8, 4) is 0 Å². The number of aryl methyl sites for hydroxylation is 1. The molecule has 0 aromatic heterocycles. The van der Waals surface area contributed by atoms with Crippen molar-refractivity contribution >= 4 is 27.3 Å². The van der Waals surface area contributed by atoms with Crippen molar-refractivity contribution in [1.29, 1.82) is 0 Å². The molecular formula is C16H16ClNO3S. The fourth-order valence-electron chi connectivity index (χ4n) is 2.79. The van der Waals surface area contributed by atoms with Gasteiger partial charge in [-0.2, -0.15) is 0 Å². The summed E-state index contributed by atoms with van der Waals surface area (Å²) in [6.07, 6.45) is 0.00955. The van der Waals surface area contributed by atoms with Crippen molar-refractivity contribution in [2.75, 3.05) is 4.72 Å². The standard InChI is InChI=1S/C16H16ClNO3S/c17-12-6-8-13(9-7-12)18-22(20,21)15-10-5-11-3-1-2-4-14(11)16(15)19/h1-4,6-9,15-16,18-19H,5,10H2. The quantitative estimate of drug-likeness (QED) is 0.904. The minimum Gasteiger partial charge on any atom is -0.387 e. The normalized spacial score (nSPS) is 21.2. The summed E-state index contributed by atoms with van der Waals surface area (Å²) in [4.78, 5) is 0. The van der Waals surface area contributed by atoms with E-state index in [4.69, 9.17) is 11.6 Å². The summed E-state index contributed by atoms with van der Waals surface area (Å²) < 4.78 is 27.6. The number of nitrogens with one attached hydrogen (secondary N) is 1. The van der Waals surface area contributed by atoms with Crippen LogP contribution in [0, 0.1) is 0 Å². The van der Waals surface area contributed by atoms with Crippen molar-refractivity contribution in [1.82, 2.24) is 0 Å². The first kappa shape index (κ1) is 15.3. The molecule has 0 radical (unpaired) electrons. The summed E-state index contributed by atoms with van der Waals surface area (Å²) in [5.41, 5.74) is 2.14. The fourth-order valence-corrected chi connectivity index (χ4v) is 4.45. The van der Waals surface area contributed by atoms with Crippen LogP contribution in [0.4, 0.5) is 5.69 Å². The Morgan fingerprint density at radius 1 is 1.09 bits per heavy atom. The average molecular weight is 338 g/mol. The van der Waals surface area contributed by atoms with Crippen molar-refractivity contribution in [2.45, 2.75) is 24.2 Å². The Morgan fingerprint density at radius 3 is 2.50 bits per heavy atom. The van der Waals surface area contributed by atoms with Gasteiger partial charge in [0.2, 0.25) is 10.0 Å². The summed E-state index contributed by atoms with van der Waals surface area (Å²) in [5, 5.41) is 10.1. The summed E-state index contributed by atoms with van der Waals surface area (Å²) in [7, 11) is -3.68. The van der Waals surface area contributed by atoms with Crippen LogP contribution in [0.3, 0.4) is 0 Å². The second-order valence-electron chi connectivity index (χ2n) is 5.37. The molecule has 22 heavy (non-hydrogen) atoms. The van der Waals surface area contributed by atoms with Gasteiger partial charge in [-0.1, -0.05) is 35.9 Å². The first-order valence-corrected chi connectivity index (χ1v) is 8.93. The van der Waals surface area contributed by atoms with Crippen LogP contribution in [-0.2, 0) is 16.4 Å². The zero-order valence-corrected chi connectivity index (χ0v) is 13.3. The van der Waals surface area contributed by atoms with Gasteiger partial charge in [0.1, 0.15) is 5.25 Å². The molecule has 0 saturated heterocycles. The van der Waals surface area contributed by atoms with Gasteiger partial charge in [-0.25, -0.2) is 8.42 Å². The van der Waals surface area contributed by atoms with Crippen LogP contribution in [0.1, 0.15) is 23.7 Å². The van der Waals surface area contributed by atoms with Gasteiger partial charge in [-0.05, 0) is 48.2 Å². The molecule has 1 aliphatic rings. The SMILES string of the molecule is O=S(=O)(Nc1ccc(Cl)cc1)C1CCc2ccccc2C1O. The molecule has 6 heteroatoms. The van der Waals surface area contributed by atoms with Crippen molar-refractivity contribution < 1.29 is 13.5 Å². The number of halogens is 1. The summed E-state index contributed by atoms with van der Waals surface area (Å²) >= 11 is 5.79. The van der Waals surface area contributed by atoms with E-state index >= 15 is 0 Å². The molecule has 0 heterocycles. The third-order valence-electron chi connectivity index (χ3n) is 3.93. The highest BCUT2D eigenvalue weighted by Gasteiger charge is 2.37. The van der Waals surface area contributed by atoms with Gasteiger partial charge in [0.25, 0.3) is 0 Å². The van der Waals surface area contributed by atoms with Gasteiger partial charge < -0.3 is 5.11 Å². The lowest BCUT2D eigenvalue weighted by molar-refractivity contribution is 0.159. The second-order valence-corrected chi connectivity index (χ2v) is 7.71. The first-order chi connectivity index (χ1) is 10.5. The van der Waals surface area contributed by atoms with Gasteiger partial charge in [-0.3, -0.25) is 4.72 Å². The van der Waals surface area contributed by atoms with E-state index in [0.29, 0.717) is 29.1 Å². The van der Waals surface area contributed by atoms with Crippen molar-refractivity contribution in [2.24, 2.45) is 0 Å². The zero-order valence-electron chi connectivity index (χ0n) is 11.7. The van der Waals surface area contributed by atoms with Gasteiger partial charge in [0.05, 0.1) is 6.10 Å². The van der Waals surface area contributed by atoms with E-state index in [-0.39, 0.29) is 0 Å². The van der Waals surface area contributed by atoms with Crippen molar-refractivity contribution in [3.63, 3.8) is 0 Å². The molecule has 0 amide bonds. The van der Waals surface area contributed by atoms with Gasteiger partial charge >= 0.3 is 0 Å². The molecule has 0 saturated carbocycles. The molecule has 4 nitrogen and oxygen atoms in total. The Kier molecular flexibility index (Phi) is 4.12. The summed E-state index contributed by atoms with van der Waals surface area (Å²) in [6, 6.07) is 13.8. The Morgan fingerprint density at radius 2 is 1.77 bits per heavy atom. The Hall–Kier alpha value is -1.56. The molecule has 0 aliphatic heterocycles. The number of aliphatic hydroxyl groups is 1. The highest BCUT2D eigenvalue weighted by molar-refractivity contribution is 7.93. The van der Waals surface area contributed by atoms with Crippen molar-refractivity contribution in [3.05, 3.63) is 64.7 Å². The van der Waals surface area contributed by atoms with E-state index in [1.807, 2.05) is 18.2 Å². The lowest BCUT2D eigenvalue weighted by Gasteiger charge is -2.29. The fraction of sp³-hybridized carbons (Fsp3) is 0.250. The molecule has 3 rings (SSSR count). The number of aliphatic hydroxyl groups excluding tert-OH is 1. The minimum atomic E-state index is -3.68. The number of hydrogen-bond acceptors (Lipinski definition) is 3. The number of anilines is 1. The van der Waals surface area contributed by atoms with Crippen LogP contribution in [0.25, 0.3) is 0 Å². The molecule has 116 valence electrons. The molecule has 0 spiro atoms. The van der Waals surface area contributed by atoms with E-state index in [9.17, 15) is 13.5 Å². The molecular weight excluding hydrogens is 322 g/mol. The molecule has 0 bridgehead atoms. The maximum Gasteiger partial charge on any atom is 0.238 e. The van der Waals surface area contributed by atoms with E-state index in [0.717, 1.165) is 5.56 Å². The number of hydrogen-bond donors (Lipinski definition) is 2. The maximum absolute atomic E-state index is 12.6. The number of sulfonamides is 1. The predicted octanol–water partition coefficient (Wildman–Crippen LogP) is 3.13. The van der Waals surface area contributed by atoms with Gasteiger partial charge in [-0.15, -0.1) is 0 Å². The van der Waals surface area contributed by atoms with Gasteiger partial charge in [0, 0.05) is 10.7 Å². The zero-order chi connectivity index (χ0) is 15.7. The smallest absolute Gasteiger partial charge is 0.238 e. The maximum atomic E-state index is 12.6. The molecule has 2 aromatic rings. The molecule has 0 fully saturated rings. The Labute approximate surface area is 134 Å². The van der Waals surface area contributed by atoms with E-state index in [1.54, 1.807) is 30.3 Å². The van der Waals surface area contributed by atoms with Crippen LogP contribution in [0.15, 0.2) is 48.5 Å². The Balaban J connectivity index is 1.85. The molecule has 1 aliphatic carbocycles. The predicted molar refractivity (Wildman–Crippen MR) is 87.5 cm³/mol.